The number of hydrogen-bond donors (Lipinski definition) is 1. The van der Waals surface area contributed by atoms with Crippen LogP contribution in [-0.4, -0.2) is 17.7 Å². The van der Waals surface area contributed by atoms with Crippen LogP contribution in [0.5, 0.6) is 5.75 Å². The van der Waals surface area contributed by atoms with Crippen molar-refractivity contribution in [2.45, 2.75) is 40.0 Å². The minimum Gasteiger partial charge on any atom is -0.492 e. The van der Waals surface area contributed by atoms with Gasteiger partial charge in [-0.1, -0.05) is 34.1 Å². The topological polar surface area (TPSA) is 46.5 Å². The van der Waals surface area contributed by atoms with Gasteiger partial charge in [0, 0.05) is 4.88 Å². The highest BCUT2D eigenvalue weighted by molar-refractivity contribution is 7.14. The monoisotopic (exact) mass is 256 g/mol. The molecule has 96 valence electrons. The van der Waals surface area contributed by atoms with E-state index in [0.29, 0.717) is 29.1 Å². The van der Waals surface area contributed by atoms with Crippen molar-refractivity contribution in [1.82, 2.24) is 0 Å². The van der Waals surface area contributed by atoms with Crippen molar-refractivity contribution in [2.24, 2.45) is 5.92 Å². The van der Waals surface area contributed by atoms with Gasteiger partial charge >= 0.3 is 5.97 Å². The smallest absolute Gasteiger partial charge is 0.349 e. The minimum atomic E-state index is -0.902. The molecule has 0 aliphatic rings. The summed E-state index contributed by atoms with van der Waals surface area (Å²) < 4.78 is 5.61. The number of rotatable bonds is 6. The van der Waals surface area contributed by atoms with Crippen molar-refractivity contribution in [3.8, 4) is 5.75 Å². The predicted octanol–water partition coefficient (Wildman–Crippen LogP) is 3.99. The van der Waals surface area contributed by atoms with Crippen LogP contribution >= 0.6 is 11.3 Å². The van der Waals surface area contributed by atoms with E-state index in [1.807, 2.05) is 6.07 Å². The third-order valence-electron chi connectivity index (χ3n) is 2.70. The number of ether oxygens (including phenoxy) is 1. The Morgan fingerprint density at radius 2 is 2.12 bits per heavy atom. The lowest BCUT2D eigenvalue weighted by atomic mass is 10.1. The Bertz CT molecular complexity index is 382. The Morgan fingerprint density at radius 3 is 2.59 bits per heavy atom. The van der Waals surface area contributed by atoms with E-state index in [9.17, 15) is 4.79 Å². The molecule has 1 heterocycles. The lowest BCUT2D eigenvalue weighted by molar-refractivity contribution is 0.0697. The maximum Gasteiger partial charge on any atom is 0.349 e. The van der Waals surface area contributed by atoms with E-state index in [1.54, 1.807) is 0 Å². The maximum atomic E-state index is 11.1. The molecule has 1 N–H and O–H groups in total. The predicted molar refractivity (Wildman–Crippen MR) is 70.3 cm³/mol. The number of hydrogen-bond acceptors (Lipinski definition) is 3. The summed E-state index contributed by atoms with van der Waals surface area (Å²) in [7, 11) is 0. The average Bonchev–Trinajstić information content (AvgIpc) is 2.70. The first-order valence-corrected chi connectivity index (χ1v) is 6.77. The molecular formula is C13H20O3S. The normalized spacial score (nSPS) is 12.8. The molecule has 1 aromatic heterocycles. The van der Waals surface area contributed by atoms with Crippen LogP contribution < -0.4 is 4.74 Å². The summed E-state index contributed by atoms with van der Waals surface area (Å²) in [5.74, 6) is 0.394. The molecule has 0 saturated heterocycles. The van der Waals surface area contributed by atoms with Gasteiger partial charge < -0.3 is 9.84 Å². The fourth-order valence-electron chi connectivity index (χ4n) is 1.28. The minimum absolute atomic E-state index is 0.317. The van der Waals surface area contributed by atoms with Crippen molar-refractivity contribution >= 4 is 17.3 Å². The summed E-state index contributed by atoms with van der Waals surface area (Å²) in [6.07, 6.45) is 1.03. The van der Waals surface area contributed by atoms with E-state index < -0.39 is 5.97 Å². The van der Waals surface area contributed by atoms with E-state index in [1.165, 1.54) is 11.3 Å². The van der Waals surface area contributed by atoms with Crippen LogP contribution in [0.2, 0.25) is 0 Å². The number of carboxylic acids is 1. The third kappa shape index (κ3) is 3.73. The van der Waals surface area contributed by atoms with Crippen LogP contribution in [0.15, 0.2) is 6.07 Å². The highest BCUT2D eigenvalue weighted by Gasteiger charge is 2.18. The van der Waals surface area contributed by atoms with Gasteiger partial charge in [-0.15, -0.1) is 11.3 Å². The third-order valence-corrected chi connectivity index (χ3v) is 4.11. The fourth-order valence-corrected chi connectivity index (χ4v) is 2.23. The Balaban J connectivity index is 2.85. The Hall–Kier alpha value is -1.03. The molecule has 1 atom stereocenters. The Labute approximate surface area is 106 Å². The second-order valence-corrected chi connectivity index (χ2v) is 5.71. The van der Waals surface area contributed by atoms with E-state index in [0.717, 1.165) is 11.3 Å². The number of carbonyl (C=O) groups is 1. The first kappa shape index (κ1) is 14.0. The molecule has 17 heavy (non-hydrogen) atoms. The number of carboxylic acid groups (broad SMARTS) is 1. The van der Waals surface area contributed by atoms with Gasteiger partial charge in [0.15, 0.2) is 4.88 Å². The fraction of sp³-hybridized carbons (Fsp3) is 0.615. The number of thiophene rings is 1. The maximum absolute atomic E-state index is 11.1. The van der Waals surface area contributed by atoms with Crippen molar-refractivity contribution in [2.75, 3.05) is 6.61 Å². The summed E-state index contributed by atoms with van der Waals surface area (Å²) in [4.78, 5) is 12.5. The summed E-state index contributed by atoms with van der Waals surface area (Å²) in [6.45, 7) is 8.87. The van der Waals surface area contributed by atoms with Crippen LogP contribution in [0, 0.1) is 5.92 Å². The van der Waals surface area contributed by atoms with E-state index in [-0.39, 0.29) is 0 Å². The van der Waals surface area contributed by atoms with Crippen molar-refractivity contribution in [1.29, 1.82) is 0 Å². The van der Waals surface area contributed by atoms with Gasteiger partial charge in [-0.05, 0) is 17.9 Å². The SMILES string of the molecule is CCC(C)COc1cc(C(C)C)sc1C(=O)O. The summed E-state index contributed by atoms with van der Waals surface area (Å²) >= 11 is 1.31. The van der Waals surface area contributed by atoms with Crippen LogP contribution in [0.1, 0.15) is 54.6 Å². The zero-order valence-corrected chi connectivity index (χ0v) is 11.6. The average molecular weight is 256 g/mol. The van der Waals surface area contributed by atoms with Gasteiger partial charge in [0.1, 0.15) is 5.75 Å². The quantitative estimate of drug-likeness (QED) is 0.837. The molecule has 0 aromatic carbocycles. The van der Waals surface area contributed by atoms with Crippen molar-refractivity contribution in [3.63, 3.8) is 0 Å². The standard InChI is InChI=1S/C13H20O3S/c1-5-9(4)7-16-10-6-11(8(2)3)17-12(10)13(14)15/h6,8-9H,5,7H2,1-4H3,(H,14,15). The first-order chi connectivity index (χ1) is 7.95. The molecule has 1 rings (SSSR count). The molecule has 0 spiro atoms. The van der Waals surface area contributed by atoms with Crippen LogP contribution in [0.3, 0.4) is 0 Å². The number of aromatic carboxylic acids is 1. The van der Waals surface area contributed by atoms with Gasteiger partial charge in [0.05, 0.1) is 6.61 Å². The zero-order chi connectivity index (χ0) is 13.0. The largest absolute Gasteiger partial charge is 0.492 e. The molecule has 0 saturated carbocycles. The molecule has 0 fully saturated rings. The van der Waals surface area contributed by atoms with E-state index in [4.69, 9.17) is 9.84 Å². The van der Waals surface area contributed by atoms with Crippen LogP contribution in [0.25, 0.3) is 0 Å². The molecule has 0 radical (unpaired) electrons. The molecule has 0 amide bonds. The van der Waals surface area contributed by atoms with Crippen molar-refractivity contribution in [3.05, 3.63) is 15.8 Å². The molecule has 1 aromatic rings. The van der Waals surface area contributed by atoms with E-state index >= 15 is 0 Å². The molecule has 1 unspecified atom stereocenters. The van der Waals surface area contributed by atoms with Gasteiger partial charge in [-0.2, -0.15) is 0 Å². The molecule has 0 bridgehead atoms. The second-order valence-electron chi connectivity index (χ2n) is 4.63. The summed E-state index contributed by atoms with van der Waals surface area (Å²) in [5.41, 5.74) is 0. The lowest BCUT2D eigenvalue weighted by Crippen LogP contribution is -2.08. The first-order valence-electron chi connectivity index (χ1n) is 5.95. The molecular weight excluding hydrogens is 236 g/mol. The Kier molecular flexibility index (Phi) is 5.00. The van der Waals surface area contributed by atoms with Crippen LogP contribution in [0.4, 0.5) is 0 Å². The lowest BCUT2D eigenvalue weighted by Gasteiger charge is -2.10. The molecule has 4 heteroatoms. The van der Waals surface area contributed by atoms with Gasteiger partial charge in [-0.25, -0.2) is 4.79 Å². The summed E-state index contributed by atoms with van der Waals surface area (Å²) in [5, 5.41) is 9.11. The Morgan fingerprint density at radius 1 is 1.47 bits per heavy atom. The summed E-state index contributed by atoms with van der Waals surface area (Å²) in [6, 6.07) is 1.86. The van der Waals surface area contributed by atoms with E-state index in [2.05, 4.69) is 27.7 Å². The molecule has 0 aliphatic carbocycles. The second kappa shape index (κ2) is 6.05. The molecule has 3 nitrogen and oxygen atoms in total. The highest BCUT2D eigenvalue weighted by atomic mass is 32.1. The van der Waals surface area contributed by atoms with Crippen LogP contribution in [-0.2, 0) is 0 Å². The van der Waals surface area contributed by atoms with Gasteiger partial charge in [-0.3, -0.25) is 0 Å². The van der Waals surface area contributed by atoms with Gasteiger partial charge in [0.2, 0.25) is 0 Å². The van der Waals surface area contributed by atoms with Gasteiger partial charge in [0.25, 0.3) is 0 Å². The zero-order valence-electron chi connectivity index (χ0n) is 10.8. The molecule has 0 aliphatic heterocycles. The van der Waals surface area contributed by atoms with Crippen molar-refractivity contribution < 1.29 is 14.6 Å². The highest BCUT2D eigenvalue weighted by Crippen LogP contribution is 2.34.